The predicted octanol–water partition coefficient (Wildman–Crippen LogP) is 3.37. The van der Waals surface area contributed by atoms with Gasteiger partial charge in [0.2, 0.25) is 0 Å². The van der Waals surface area contributed by atoms with E-state index in [1.807, 2.05) is 12.1 Å². The molecule has 2 aromatic rings. The van der Waals surface area contributed by atoms with Crippen LogP contribution >= 0.6 is 11.3 Å². The smallest absolute Gasteiger partial charge is 0.162 e. The van der Waals surface area contributed by atoms with E-state index >= 15 is 0 Å². The van der Waals surface area contributed by atoms with Crippen molar-refractivity contribution in [3.05, 3.63) is 29.5 Å². The molecule has 0 bridgehead atoms. The second-order valence-corrected chi connectivity index (χ2v) is 6.43. The number of nitrogens with one attached hydrogen (secondary N) is 1. The Morgan fingerprint density at radius 1 is 1.43 bits per heavy atom. The Bertz CT molecular complexity index is 531. The summed E-state index contributed by atoms with van der Waals surface area (Å²) in [5.74, 6) is 0.871. The summed E-state index contributed by atoms with van der Waals surface area (Å²) in [6.45, 7) is 6.64. The molecular formula is C16H23N3OS. The molecule has 1 aliphatic rings. The molecule has 5 heteroatoms. The fourth-order valence-electron chi connectivity index (χ4n) is 2.95. The van der Waals surface area contributed by atoms with Crippen molar-refractivity contribution in [2.24, 2.45) is 0 Å². The van der Waals surface area contributed by atoms with E-state index in [9.17, 15) is 0 Å². The van der Waals surface area contributed by atoms with E-state index in [0.29, 0.717) is 6.04 Å². The summed E-state index contributed by atoms with van der Waals surface area (Å²) < 4.78 is 5.43. The Kier molecular flexibility index (Phi) is 5.06. The minimum absolute atomic E-state index is 0.694. The van der Waals surface area contributed by atoms with Crippen molar-refractivity contribution in [1.82, 2.24) is 15.2 Å². The third-order valence-electron chi connectivity index (χ3n) is 3.98. The molecule has 0 saturated carbocycles. The molecule has 1 N–H and O–H groups in total. The molecule has 4 nitrogen and oxygen atoms in total. The zero-order valence-corrected chi connectivity index (χ0v) is 13.4. The van der Waals surface area contributed by atoms with Crippen molar-refractivity contribution in [1.29, 1.82) is 0 Å². The van der Waals surface area contributed by atoms with Crippen LogP contribution < -0.4 is 5.32 Å². The Hall–Kier alpha value is -1.17. The van der Waals surface area contributed by atoms with Gasteiger partial charge in [0, 0.05) is 18.0 Å². The highest BCUT2D eigenvalue weighted by atomic mass is 32.1. The summed E-state index contributed by atoms with van der Waals surface area (Å²) >= 11 is 1.67. The van der Waals surface area contributed by atoms with Crippen molar-refractivity contribution in [3.8, 4) is 10.8 Å². The van der Waals surface area contributed by atoms with Gasteiger partial charge in [-0.1, -0.05) is 6.92 Å². The van der Waals surface area contributed by atoms with Gasteiger partial charge in [-0.3, -0.25) is 4.90 Å². The molecule has 3 heterocycles. The van der Waals surface area contributed by atoms with Gasteiger partial charge < -0.3 is 9.73 Å². The minimum atomic E-state index is 0.694. The number of rotatable bonds is 6. The maximum absolute atomic E-state index is 5.43. The highest BCUT2D eigenvalue weighted by molar-refractivity contribution is 7.13. The second kappa shape index (κ2) is 7.20. The van der Waals surface area contributed by atoms with Gasteiger partial charge in [-0.2, -0.15) is 0 Å². The van der Waals surface area contributed by atoms with Gasteiger partial charge >= 0.3 is 0 Å². The van der Waals surface area contributed by atoms with Crippen LogP contribution in [0, 0.1) is 0 Å². The van der Waals surface area contributed by atoms with Crippen LogP contribution in [0.4, 0.5) is 0 Å². The molecule has 114 valence electrons. The van der Waals surface area contributed by atoms with Crippen LogP contribution in [0.1, 0.15) is 31.9 Å². The molecule has 0 amide bonds. The van der Waals surface area contributed by atoms with Crippen LogP contribution in [0.25, 0.3) is 10.8 Å². The van der Waals surface area contributed by atoms with E-state index in [1.54, 1.807) is 17.6 Å². The SMILES string of the molecule is CCCN(Cc1csc(-c2ccco2)n1)C1CCNCC1. The van der Waals surface area contributed by atoms with E-state index in [4.69, 9.17) is 9.40 Å². The quantitative estimate of drug-likeness (QED) is 0.888. The highest BCUT2D eigenvalue weighted by Crippen LogP contribution is 2.25. The van der Waals surface area contributed by atoms with Crippen LogP contribution in [0.5, 0.6) is 0 Å². The predicted molar refractivity (Wildman–Crippen MR) is 86.4 cm³/mol. The van der Waals surface area contributed by atoms with E-state index in [1.165, 1.54) is 25.0 Å². The third kappa shape index (κ3) is 3.73. The highest BCUT2D eigenvalue weighted by Gasteiger charge is 2.21. The van der Waals surface area contributed by atoms with Gasteiger partial charge in [0.1, 0.15) is 0 Å². The van der Waals surface area contributed by atoms with Gasteiger partial charge in [0.15, 0.2) is 10.8 Å². The Morgan fingerprint density at radius 3 is 3.00 bits per heavy atom. The number of nitrogens with zero attached hydrogens (tertiary/aromatic N) is 2. The lowest BCUT2D eigenvalue weighted by atomic mass is 10.0. The van der Waals surface area contributed by atoms with E-state index in [0.717, 1.165) is 36.9 Å². The summed E-state index contributed by atoms with van der Waals surface area (Å²) in [7, 11) is 0. The van der Waals surface area contributed by atoms with E-state index in [2.05, 4.69) is 22.5 Å². The third-order valence-corrected chi connectivity index (χ3v) is 4.89. The molecule has 1 aliphatic heterocycles. The number of hydrogen-bond donors (Lipinski definition) is 1. The van der Waals surface area contributed by atoms with Crippen molar-refractivity contribution in [3.63, 3.8) is 0 Å². The number of piperidine rings is 1. The first kappa shape index (κ1) is 14.8. The lowest BCUT2D eigenvalue weighted by Crippen LogP contribution is -2.43. The van der Waals surface area contributed by atoms with Crippen molar-refractivity contribution < 1.29 is 4.42 Å². The molecule has 0 aromatic carbocycles. The molecule has 0 atom stereocenters. The molecular weight excluding hydrogens is 282 g/mol. The number of aromatic nitrogens is 1. The normalized spacial score (nSPS) is 16.7. The summed E-state index contributed by atoms with van der Waals surface area (Å²) in [6, 6.07) is 4.58. The van der Waals surface area contributed by atoms with Gasteiger partial charge in [-0.25, -0.2) is 4.98 Å². The zero-order chi connectivity index (χ0) is 14.5. The first-order valence-electron chi connectivity index (χ1n) is 7.80. The Balaban J connectivity index is 1.67. The summed E-state index contributed by atoms with van der Waals surface area (Å²) in [5, 5.41) is 6.60. The fraction of sp³-hybridized carbons (Fsp3) is 0.562. The van der Waals surface area contributed by atoms with Crippen molar-refractivity contribution >= 4 is 11.3 Å². The molecule has 21 heavy (non-hydrogen) atoms. The fourth-order valence-corrected chi connectivity index (χ4v) is 3.73. The summed E-state index contributed by atoms with van der Waals surface area (Å²) in [4.78, 5) is 7.34. The lowest BCUT2D eigenvalue weighted by molar-refractivity contribution is 0.152. The molecule has 0 radical (unpaired) electrons. The molecule has 0 spiro atoms. The lowest BCUT2D eigenvalue weighted by Gasteiger charge is -2.34. The maximum Gasteiger partial charge on any atom is 0.162 e. The van der Waals surface area contributed by atoms with Gasteiger partial charge in [0.05, 0.1) is 12.0 Å². The number of hydrogen-bond acceptors (Lipinski definition) is 5. The van der Waals surface area contributed by atoms with Crippen molar-refractivity contribution in [2.45, 2.75) is 38.8 Å². The minimum Gasteiger partial charge on any atom is -0.462 e. The first-order chi connectivity index (χ1) is 10.4. The van der Waals surface area contributed by atoms with Crippen LogP contribution in [0.15, 0.2) is 28.2 Å². The Labute approximate surface area is 130 Å². The summed E-state index contributed by atoms with van der Waals surface area (Å²) in [5.41, 5.74) is 1.17. The van der Waals surface area contributed by atoms with Crippen LogP contribution in [-0.2, 0) is 6.54 Å². The second-order valence-electron chi connectivity index (χ2n) is 5.57. The van der Waals surface area contributed by atoms with E-state index < -0.39 is 0 Å². The first-order valence-corrected chi connectivity index (χ1v) is 8.68. The average Bonchev–Trinajstić information content (AvgIpc) is 3.19. The van der Waals surface area contributed by atoms with Crippen LogP contribution in [-0.4, -0.2) is 35.6 Å². The van der Waals surface area contributed by atoms with Gasteiger partial charge in [0.25, 0.3) is 0 Å². The number of furan rings is 1. The molecule has 1 saturated heterocycles. The zero-order valence-electron chi connectivity index (χ0n) is 12.5. The standard InChI is InChI=1S/C16H23N3OS/c1-2-9-19(14-5-7-17-8-6-14)11-13-12-21-16(18-13)15-4-3-10-20-15/h3-4,10,12,14,17H,2,5-9,11H2,1H3. The summed E-state index contributed by atoms with van der Waals surface area (Å²) in [6.07, 6.45) is 5.39. The molecule has 0 aliphatic carbocycles. The largest absolute Gasteiger partial charge is 0.462 e. The van der Waals surface area contributed by atoms with Gasteiger partial charge in [-0.15, -0.1) is 11.3 Å². The number of thiazole rings is 1. The van der Waals surface area contributed by atoms with Gasteiger partial charge in [-0.05, 0) is 51.0 Å². The topological polar surface area (TPSA) is 41.3 Å². The molecule has 0 unspecified atom stereocenters. The van der Waals surface area contributed by atoms with Crippen LogP contribution in [0.2, 0.25) is 0 Å². The monoisotopic (exact) mass is 305 g/mol. The van der Waals surface area contributed by atoms with Crippen molar-refractivity contribution in [2.75, 3.05) is 19.6 Å². The van der Waals surface area contributed by atoms with Crippen LogP contribution in [0.3, 0.4) is 0 Å². The van der Waals surface area contributed by atoms with E-state index in [-0.39, 0.29) is 0 Å². The maximum atomic E-state index is 5.43. The Morgan fingerprint density at radius 2 is 2.29 bits per heavy atom. The molecule has 1 fully saturated rings. The molecule has 3 rings (SSSR count). The average molecular weight is 305 g/mol. The molecule has 2 aromatic heterocycles.